The van der Waals surface area contributed by atoms with Gasteiger partial charge in [-0.15, -0.1) is 13.2 Å². The Hall–Kier alpha value is -1.74. The third-order valence-electron chi connectivity index (χ3n) is 2.88. The van der Waals surface area contributed by atoms with E-state index in [1.54, 1.807) is 0 Å². The topological polar surface area (TPSA) is 72.5 Å². The standard InChI is InChI=1S/C12H11F3N2O3S/c1-11(2)9(18)17(10(19)16-11)7-3-5-8(6-4-7)21(20)12(13,14)15/h3-6H,1-2H3,(H,16,19). The number of halogens is 3. The van der Waals surface area contributed by atoms with Gasteiger partial charge in [0.25, 0.3) is 5.91 Å². The molecule has 0 spiro atoms. The van der Waals surface area contributed by atoms with Crippen molar-refractivity contribution in [1.82, 2.24) is 5.32 Å². The summed E-state index contributed by atoms with van der Waals surface area (Å²) in [6.07, 6.45) is 0. The van der Waals surface area contributed by atoms with Crippen molar-refractivity contribution in [1.29, 1.82) is 0 Å². The molecule has 1 fully saturated rings. The lowest BCUT2D eigenvalue weighted by Crippen LogP contribution is -2.40. The number of carbonyl (C=O) groups is 2. The lowest BCUT2D eigenvalue weighted by atomic mass is 10.1. The summed E-state index contributed by atoms with van der Waals surface area (Å²) in [7, 11) is 0. The van der Waals surface area contributed by atoms with E-state index in [1.807, 2.05) is 0 Å². The van der Waals surface area contributed by atoms with Crippen LogP contribution < -0.4 is 10.2 Å². The van der Waals surface area contributed by atoms with Crippen molar-refractivity contribution in [2.45, 2.75) is 29.8 Å². The molecular formula is C12H11F3N2O3S. The second-order valence-corrected chi connectivity index (χ2v) is 6.38. The van der Waals surface area contributed by atoms with Crippen molar-refractivity contribution in [3.05, 3.63) is 24.3 Å². The molecule has 5 nitrogen and oxygen atoms in total. The molecule has 0 aliphatic carbocycles. The number of hydrogen-bond donors (Lipinski definition) is 1. The van der Waals surface area contributed by atoms with Gasteiger partial charge in [-0.2, -0.15) is 0 Å². The fourth-order valence-corrected chi connectivity index (χ4v) is 2.49. The highest BCUT2D eigenvalue weighted by atomic mass is 32.2. The molecule has 1 aromatic rings. The van der Waals surface area contributed by atoms with Gasteiger partial charge in [0.1, 0.15) is 5.54 Å². The van der Waals surface area contributed by atoms with Gasteiger partial charge < -0.3 is 9.87 Å². The van der Waals surface area contributed by atoms with Crippen molar-refractivity contribution < 1.29 is 27.3 Å². The lowest BCUT2D eigenvalue weighted by molar-refractivity contribution is -0.121. The summed E-state index contributed by atoms with van der Waals surface area (Å²) in [5, 5.41) is 2.45. The molecule has 1 unspecified atom stereocenters. The number of benzene rings is 1. The molecule has 1 heterocycles. The predicted molar refractivity (Wildman–Crippen MR) is 69.0 cm³/mol. The summed E-state index contributed by atoms with van der Waals surface area (Å²) < 4.78 is 48.2. The highest BCUT2D eigenvalue weighted by molar-refractivity contribution is 7.92. The number of rotatable bonds is 2. The van der Waals surface area contributed by atoms with Crippen molar-refractivity contribution in [2.24, 2.45) is 0 Å². The van der Waals surface area contributed by atoms with Crippen LogP contribution in [0.4, 0.5) is 23.7 Å². The first kappa shape index (κ1) is 15.6. The number of urea groups is 1. The van der Waals surface area contributed by atoms with E-state index in [2.05, 4.69) is 5.32 Å². The van der Waals surface area contributed by atoms with Crippen LogP contribution in [0.1, 0.15) is 13.8 Å². The average molecular weight is 320 g/mol. The van der Waals surface area contributed by atoms with Crippen molar-refractivity contribution in [3.8, 4) is 0 Å². The molecular weight excluding hydrogens is 309 g/mol. The van der Waals surface area contributed by atoms with Gasteiger partial charge in [-0.25, -0.2) is 9.69 Å². The van der Waals surface area contributed by atoms with Crippen LogP contribution in [0.3, 0.4) is 0 Å². The monoisotopic (exact) mass is 320 g/mol. The van der Waals surface area contributed by atoms with E-state index >= 15 is 0 Å². The number of nitrogens with zero attached hydrogens (tertiary/aromatic N) is 1. The maximum absolute atomic E-state index is 12.3. The Bertz CT molecular complexity index is 586. The smallest absolute Gasteiger partial charge is 0.578 e. The van der Waals surface area contributed by atoms with Gasteiger partial charge in [-0.1, -0.05) is 0 Å². The van der Waals surface area contributed by atoms with Crippen LogP contribution in [0.15, 0.2) is 29.2 Å². The molecule has 114 valence electrons. The van der Waals surface area contributed by atoms with E-state index in [1.165, 1.54) is 13.8 Å². The molecule has 2 rings (SSSR count). The van der Waals surface area contributed by atoms with E-state index in [0.29, 0.717) is 0 Å². The summed E-state index contributed by atoms with van der Waals surface area (Å²) in [6.45, 7) is 3.03. The maximum atomic E-state index is 12.3. The molecule has 1 aliphatic rings. The van der Waals surface area contributed by atoms with Gasteiger partial charge in [0.15, 0.2) is 4.90 Å². The second-order valence-electron chi connectivity index (χ2n) is 4.90. The first-order chi connectivity index (χ1) is 9.54. The summed E-state index contributed by atoms with van der Waals surface area (Å²) >= 11 is -3.15. The van der Waals surface area contributed by atoms with Gasteiger partial charge in [0, 0.05) is 0 Å². The Labute approximate surface area is 121 Å². The highest BCUT2D eigenvalue weighted by Gasteiger charge is 2.47. The van der Waals surface area contributed by atoms with Gasteiger partial charge >= 0.3 is 11.5 Å². The zero-order valence-corrected chi connectivity index (χ0v) is 11.8. The summed E-state index contributed by atoms with van der Waals surface area (Å²) in [5.74, 6) is -0.516. The van der Waals surface area contributed by atoms with E-state index in [-0.39, 0.29) is 5.69 Å². The molecule has 0 bridgehead atoms. The zero-order chi connectivity index (χ0) is 16.0. The summed E-state index contributed by atoms with van der Waals surface area (Å²) in [4.78, 5) is 24.1. The lowest BCUT2D eigenvalue weighted by Gasteiger charge is -2.17. The Morgan fingerprint density at radius 1 is 1.19 bits per heavy atom. The molecule has 1 saturated heterocycles. The summed E-state index contributed by atoms with van der Waals surface area (Å²) in [5.41, 5.74) is -5.82. The van der Waals surface area contributed by atoms with Crippen LogP contribution in [-0.4, -0.2) is 27.5 Å². The minimum absolute atomic E-state index is 0.117. The number of carbonyl (C=O) groups excluding carboxylic acids is 2. The van der Waals surface area contributed by atoms with E-state index < -0.39 is 39.1 Å². The molecule has 1 atom stereocenters. The fourth-order valence-electron chi connectivity index (χ4n) is 1.84. The van der Waals surface area contributed by atoms with E-state index in [4.69, 9.17) is 0 Å². The number of amides is 3. The SMILES string of the molecule is CC1(C)NC(=O)N(c2ccc([S+]([O-])C(F)(F)F)cc2)C1=O. The van der Waals surface area contributed by atoms with Crippen LogP contribution in [0.5, 0.6) is 0 Å². The molecule has 1 aliphatic heterocycles. The first-order valence-corrected chi connectivity index (χ1v) is 6.94. The molecule has 9 heteroatoms. The minimum atomic E-state index is -4.86. The second kappa shape index (κ2) is 4.92. The van der Waals surface area contributed by atoms with Gasteiger partial charge in [0.05, 0.1) is 16.9 Å². The number of imide groups is 1. The minimum Gasteiger partial charge on any atom is -0.604 e. The van der Waals surface area contributed by atoms with Crippen LogP contribution in [0, 0.1) is 0 Å². The number of alkyl halides is 3. The first-order valence-electron chi connectivity index (χ1n) is 5.79. The summed E-state index contributed by atoms with van der Waals surface area (Å²) in [6, 6.07) is 3.60. The molecule has 3 amide bonds. The Morgan fingerprint density at radius 3 is 2.10 bits per heavy atom. The molecule has 0 aromatic heterocycles. The normalized spacial score (nSPS) is 19.6. The molecule has 1 N–H and O–H groups in total. The van der Waals surface area contributed by atoms with Gasteiger partial charge in [-0.3, -0.25) is 4.79 Å². The Morgan fingerprint density at radius 2 is 1.71 bits per heavy atom. The largest absolute Gasteiger partial charge is 0.604 e. The third-order valence-corrected chi connectivity index (χ3v) is 4.00. The van der Waals surface area contributed by atoms with E-state index in [0.717, 1.165) is 29.2 Å². The van der Waals surface area contributed by atoms with Crippen LogP contribution in [-0.2, 0) is 16.0 Å². The average Bonchev–Trinajstić information content (AvgIpc) is 2.57. The van der Waals surface area contributed by atoms with Crippen molar-refractivity contribution in [2.75, 3.05) is 4.90 Å². The number of nitrogens with one attached hydrogen (secondary N) is 1. The number of hydrogen-bond acceptors (Lipinski definition) is 3. The molecule has 0 saturated carbocycles. The molecule has 21 heavy (non-hydrogen) atoms. The number of anilines is 1. The zero-order valence-electron chi connectivity index (χ0n) is 11.0. The van der Waals surface area contributed by atoms with Crippen LogP contribution in [0.2, 0.25) is 0 Å². The highest BCUT2D eigenvalue weighted by Crippen LogP contribution is 2.32. The Kier molecular flexibility index (Phi) is 3.66. The van der Waals surface area contributed by atoms with Crippen molar-refractivity contribution >= 4 is 28.8 Å². The van der Waals surface area contributed by atoms with E-state index in [9.17, 15) is 27.3 Å². The fraction of sp³-hybridized carbons (Fsp3) is 0.333. The van der Waals surface area contributed by atoms with Crippen LogP contribution >= 0.6 is 0 Å². The molecule has 0 radical (unpaired) electrons. The maximum Gasteiger partial charge on any atom is 0.578 e. The quantitative estimate of drug-likeness (QED) is 0.670. The Balaban J connectivity index is 2.28. The molecule has 1 aromatic carbocycles. The predicted octanol–water partition coefficient (Wildman–Crippen LogP) is 2.15. The van der Waals surface area contributed by atoms with Crippen LogP contribution in [0.25, 0.3) is 0 Å². The van der Waals surface area contributed by atoms with Gasteiger partial charge in [0.2, 0.25) is 0 Å². The third kappa shape index (κ3) is 2.84. The van der Waals surface area contributed by atoms with Crippen molar-refractivity contribution in [3.63, 3.8) is 0 Å². The van der Waals surface area contributed by atoms with Gasteiger partial charge in [-0.05, 0) is 38.1 Å².